The van der Waals surface area contributed by atoms with Crippen LogP contribution in [-0.4, -0.2) is 34.4 Å². The topological polar surface area (TPSA) is 84.4 Å². The second-order valence-electron chi connectivity index (χ2n) is 5.61. The number of hydrogen-bond donors (Lipinski definition) is 2. The Kier molecular flexibility index (Phi) is 4.02. The molecule has 1 aliphatic rings. The number of carboxylic acid groups (broad SMARTS) is 1. The van der Waals surface area contributed by atoms with Gasteiger partial charge in [-0.05, 0) is 38.7 Å². The molecular weight excluding hydrogens is 284 g/mol. The van der Waals surface area contributed by atoms with Gasteiger partial charge in [0.25, 0.3) is 0 Å². The predicted octanol–water partition coefficient (Wildman–Crippen LogP) is 3.38. The summed E-state index contributed by atoms with van der Waals surface area (Å²) in [5.74, 6) is 0.485. The fraction of sp³-hybridized carbons (Fsp3) is 0.500. The van der Waals surface area contributed by atoms with Crippen molar-refractivity contribution in [2.45, 2.75) is 39.0 Å². The molecule has 2 aromatic rings. The van der Waals surface area contributed by atoms with Gasteiger partial charge in [-0.2, -0.15) is 0 Å². The molecule has 2 heterocycles. The molecular formula is C16H20N2O4. The quantitative estimate of drug-likeness (QED) is 0.846. The van der Waals surface area contributed by atoms with Gasteiger partial charge in [-0.15, -0.1) is 0 Å². The van der Waals surface area contributed by atoms with Crippen LogP contribution in [0.2, 0.25) is 0 Å². The number of fused-ring (bicyclic) bond motifs is 3. The van der Waals surface area contributed by atoms with Crippen molar-refractivity contribution >= 4 is 17.1 Å². The number of nitrogens with zero attached hydrogens (tertiary/aromatic N) is 1. The van der Waals surface area contributed by atoms with Crippen molar-refractivity contribution in [2.75, 3.05) is 13.2 Å². The smallest absolute Gasteiger partial charge is 0.449 e. The van der Waals surface area contributed by atoms with Gasteiger partial charge in [-0.25, -0.2) is 9.78 Å². The molecule has 0 radical (unpaired) electrons. The van der Waals surface area contributed by atoms with Gasteiger partial charge in [-0.3, -0.25) is 0 Å². The average molecular weight is 304 g/mol. The van der Waals surface area contributed by atoms with E-state index in [1.165, 1.54) is 11.3 Å². The summed E-state index contributed by atoms with van der Waals surface area (Å²) in [6.07, 6.45) is 3.52. The van der Waals surface area contributed by atoms with Gasteiger partial charge in [0.05, 0.1) is 18.3 Å². The molecule has 0 aromatic carbocycles. The van der Waals surface area contributed by atoms with E-state index in [4.69, 9.17) is 14.6 Å². The van der Waals surface area contributed by atoms with Crippen LogP contribution in [0.1, 0.15) is 42.5 Å². The first-order valence-corrected chi connectivity index (χ1v) is 7.60. The zero-order valence-electron chi connectivity index (χ0n) is 12.8. The SMILES string of the molecule is CCOCC1CCCc2[nH]c3cnc(OC(=O)O)c(C)c3c21. The molecule has 0 amide bonds. The summed E-state index contributed by atoms with van der Waals surface area (Å²) >= 11 is 0. The predicted molar refractivity (Wildman–Crippen MR) is 81.7 cm³/mol. The molecule has 22 heavy (non-hydrogen) atoms. The Morgan fingerprint density at radius 1 is 1.55 bits per heavy atom. The fourth-order valence-corrected chi connectivity index (χ4v) is 3.35. The second-order valence-corrected chi connectivity index (χ2v) is 5.61. The molecule has 3 rings (SSSR count). The number of pyridine rings is 1. The summed E-state index contributed by atoms with van der Waals surface area (Å²) in [6.45, 7) is 5.23. The third kappa shape index (κ3) is 2.54. The standard InChI is InChI=1S/C16H20N2O4/c1-3-21-8-10-5-4-6-11-14(10)13-9(2)15(22-16(19)20)17-7-12(13)18-11/h7,10,18H,3-6,8H2,1-2H3,(H,19,20). The first kappa shape index (κ1) is 14.8. The third-order valence-electron chi connectivity index (χ3n) is 4.25. The highest BCUT2D eigenvalue weighted by Gasteiger charge is 2.27. The summed E-state index contributed by atoms with van der Waals surface area (Å²) in [7, 11) is 0. The van der Waals surface area contributed by atoms with Crippen molar-refractivity contribution in [3.05, 3.63) is 23.0 Å². The van der Waals surface area contributed by atoms with Crippen LogP contribution < -0.4 is 4.74 Å². The van der Waals surface area contributed by atoms with Gasteiger partial charge in [0.15, 0.2) is 0 Å². The van der Waals surface area contributed by atoms with Crippen molar-refractivity contribution in [3.63, 3.8) is 0 Å². The number of aromatic amines is 1. The van der Waals surface area contributed by atoms with Crippen molar-refractivity contribution in [3.8, 4) is 5.88 Å². The highest BCUT2D eigenvalue weighted by Crippen LogP contribution is 2.40. The molecule has 0 fully saturated rings. The molecule has 0 bridgehead atoms. The van der Waals surface area contributed by atoms with E-state index in [0.29, 0.717) is 19.1 Å². The normalized spacial score (nSPS) is 17.5. The number of rotatable bonds is 4. The lowest BCUT2D eigenvalue weighted by molar-refractivity contribution is 0.127. The van der Waals surface area contributed by atoms with E-state index in [-0.39, 0.29) is 5.88 Å². The first-order valence-electron chi connectivity index (χ1n) is 7.60. The number of ether oxygens (including phenoxy) is 2. The van der Waals surface area contributed by atoms with Gasteiger partial charge in [0, 0.05) is 29.2 Å². The van der Waals surface area contributed by atoms with Gasteiger partial charge in [0.2, 0.25) is 5.88 Å². The highest BCUT2D eigenvalue weighted by atomic mass is 16.7. The number of aromatic nitrogens is 2. The lowest BCUT2D eigenvalue weighted by atomic mass is 9.85. The van der Waals surface area contributed by atoms with Crippen LogP contribution in [0.4, 0.5) is 4.79 Å². The largest absolute Gasteiger partial charge is 0.512 e. The number of carbonyl (C=O) groups is 1. The lowest BCUT2D eigenvalue weighted by Crippen LogP contribution is -2.14. The minimum Gasteiger partial charge on any atom is -0.449 e. The molecule has 0 aliphatic heterocycles. The van der Waals surface area contributed by atoms with E-state index < -0.39 is 6.16 Å². The van der Waals surface area contributed by atoms with E-state index in [1.807, 2.05) is 13.8 Å². The molecule has 0 spiro atoms. The second kappa shape index (κ2) is 5.96. The van der Waals surface area contributed by atoms with E-state index in [1.54, 1.807) is 6.20 Å². The Labute approximate surface area is 128 Å². The van der Waals surface area contributed by atoms with Crippen molar-refractivity contribution in [2.24, 2.45) is 0 Å². The number of nitrogens with one attached hydrogen (secondary N) is 1. The van der Waals surface area contributed by atoms with E-state index in [9.17, 15) is 4.79 Å². The summed E-state index contributed by atoms with van der Waals surface area (Å²) in [5.41, 5.74) is 4.15. The van der Waals surface area contributed by atoms with Crippen LogP contribution >= 0.6 is 0 Å². The molecule has 2 aromatic heterocycles. The molecule has 0 saturated heterocycles. The highest BCUT2D eigenvalue weighted by molar-refractivity contribution is 5.89. The van der Waals surface area contributed by atoms with Crippen LogP contribution in [-0.2, 0) is 11.2 Å². The van der Waals surface area contributed by atoms with Crippen LogP contribution in [0.3, 0.4) is 0 Å². The van der Waals surface area contributed by atoms with Gasteiger partial charge in [-0.1, -0.05) is 0 Å². The van der Waals surface area contributed by atoms with Crippen LogP contribution in [0, 0.1) is 6.92 Å². The Morgan fingerprint density at radius 3 is 3.09 bits per heavy atom. The number of H-pyrrole nitrogens is 1. The molecule has 6 nitrogen and oxygen atoms in total. The summed E-state index contributed by atoms with van der Waals surface area (Å²) in [6, 6.07) is 0. The van der Waals surface area contributed by atoms with Crippen molar-refractivity contribution in [1.29, 1.82) is 0 Å². The van der Waals surface area contributed by atoms with Crippen LogP contribution in [0.5, 0.6) is 5.88 Å². The van der Waals surface area contributed by atoms with E-state index >= 15 is 0 Å². The Hall–Kier alpha value is -2.08. The monoisotopic (exact) mass is 304 g/mol. The van der Waals surface area contributed by atoms with Gasteiger partial charge < -0.3 is 19.6 Å². The Balaban J connectivity index is 2.11. The van der Waals surface area contributed by atoms with Gasteiger partial charge >= 0.3 is 6.16 Å². The molecule has 0 saturated carbocycles. The molecule has 6 heteroatoms. The zero-order valence-corrected chi connectivity index (χ0v) is 12.8. The molecule has 118 valence electrons. The first-order chi connectivity index (χ1) is 10.6. The number of aryl methyl sites for hydroxylation is 2. The Morgan fingerprint density at radius 2 is 2.36 bits per heavy atom. The Bertz CT molecular complexity index is 708. The molecule has 1 unspecified atom stereocenters. The summed E-state index contributed by atoms with van der Waals surface area (Å²) in [5, 5.41) is 9.86. The van der Waals surface area contributed by atoms with E-state index in [0.717, 1.165) is 35.7 Å². The fourth-order valence-electron chi connectivity index (χ4n) is 3.35. The minimum absolute atomic E-state index is 0.155. The average Bonchev–Trinajstić information content (AvgIpc) is 2.87. The van der Waals surface area contributed by atoms with Crippen molar-refractivity contribution in [1.82, 2.24) is 9.97 Å². The third-order valence-corrected chi connectivity index (χ3v) is 4.25. The van der Waals surface area contributed by atoms with Crippen LogP contribution in [0.25, 0.3) is 10.9 Å². The maximum Gasteiger partial charge on any atom is 0.512 e. The van der Waals surface area contributed by atoms with Crippen molar-refractivity contribution < 1.29 is 19.4 Å². The zero-order chi connectivity index (χ0) is 15.7. The number of hydrogen-bond acceptors (Lipinski definition) is 4. The maximum atomic E-state index is 10.8. The maximum absolute atomic E-state index is 10.8. The molecule has 1 atom stereocenters. The molecule has 2 N–H and O–H groups in total. The van der Waals surface area contributed by atoms with Crippen LogP contribution in [0.15, 0.2) is 6.20 Å². The molecule has 1 aliphatic carbocycles. The lowest BCUT2D eigenvalue weighted by Gasteiger charge is -2.23. The summed E-state index contributed by atoms with van der Waals surface area (Å²) < 4.78 is 10.4. The summed E-state index contributed by atoms with van der Waals surface area (Å²) in [4.78, 5) is 18.3. The minimum atomic E-state index is -1.34. The van der Waals surface area contributed by atoms with Gasteiger partial charge in [0.1, 0.15) is 0 Å². The van der Waals surface area contributed by atoms with E-state index in [2.05, 4.69) is 9.97 Å².